The van der Waals surface area contributed by atoms with Crippen LogP contribution in [0.15, 0.2) is 59.6 Å². The molecule has 0 amide bonds. The second-order valence-corrected chi connectivity index (χ2v) is 6.35. The van der Waals surface area contributed by atoms with Crippen molar-refractivity contribution in [2.24, 2.45) is 5.73 Å². The number of aromatic nitrogens is 4. The Morgan fingerprint density at radius 2 is 1.90 bits per heavy atom. The van der Waals surface area contributed by atoms with Gasteiger partial charge in [0.25, 0.3) is 0 Å². The highest BCUT2D eigenvalue weighted by molar-refractivity contribution is 5.64. The summed E-state index contributed by atoms with van der Waals surface area (Å²) in [6, 6.07) is 6.43. The number of hydrogen-bond acceptors (Lipinski definition) is 4. The molecule has 0 aliphatic rings. The van der Waals surface area contributed by atoms with Crippen LogP contribution in [0.1, 0.15) is 11.1 Å². The van der Waals surface area contributed by atoms with Crippen LogP contribution in [0.3, 0.4) is 0 Å². The fourth-order valence-corrected chi connectivity index (χ4v) is 2.76. The highest BCUT2D eigenvalue weighted by atomic mass is 19.4. The molecule has 3 aromatic rings. The van der Waals surface area contributed by atoms with E-state index in [1.54, 1.807) is 13.0 Å². The van der Waals surface area contributed by atoms with Gasteiger partial charge in [0, 0.05) is 18.3 Å². The van der Waals surface area contributed by atoms with Crippen LogP contribution >= 0.6 is 0 Å². The average Bonchev–Trinajstić information content (AvgIpc) is 3.05. The molecule has 10 heteroatoms. The van der Waals surface area contributed by atoms with Crippen molar-refractivity contribution in [3.8, 4) is 16.9 Å². The first-order chi connectivity index (χ1) is 13.7. The number of nitrogens with two attached hydrogens (primary N) is 1. The summed E-state index contributed by atoms with van der Waals surface area (Å²) in [5.74, 6) is 0.315. The first-order valence-electron chi connectivity index (χ1n) is 8.52. The molecular formula is C19H17F4N5O. The number of hydrogen-bond donors (Lipinski definition) is 1. The summed E-state index contributed by atoms with van der Waals surface area (Å²) >= 11 is 0. The molecule has 0 fully saturated rings. The third-order valence-electron chi connectivity index (χ3n) is 4.33. The topological polar surface area (TPSA) is 78.7 Å². The highest BCUT2D eigenvalue weighted by Crippen LogP contribution is 2.31. The predicted octanol–water partition coefficient (Wildman–Crippen LogP) is 3.24. The van der Waals surface area contributed by atoms with Crippen molar-refractivity contribution in [1.29, 1.82) is 0 Å². The number of benzene rings is 1. The van der Waals surface area contributed by atoms with Crippen molar-refractivity contribution < 1.29 is 17.6 Å². The van der Waals surface area contributed by atoms with Crippen molar-refractivity contribution in [3.63, 3.8) is 0 Å². The maximum atomic E-state index is 12.7. The van der Waals surface area contributed by atoms with Gasteiger partial charge in [0.1, 0.15) is 12.1 Å². The lowest BCUT2D eigenvalue weighted by molar-refractivity contribution is -0.137. The third kappa shape index (κ3) is 4.27. The summed E-state index contributed by atoms with van der Waals surface area (Å²) in [4.78, 5) is 16.8. The maximum absolute atomic E-state index is 12.7. The van der Waals surface area contributed by atoms with Crippen molar-refractivity contribution in [3.05, 3.63) is 76.4 Å². The van der Waals surface area contributed by atoms with Crippen LogP contribution in [0.4, 0.5) is 17.6 Å². The number of rotatable bonds is 5. The molecule has 2 heterocycles. The van der Waals surface area contributed by atoms with E-state index in [9.17, 15) is 22.4 Å². The minimum atomic E-state index is -4.40. The molecule has 2 aromatic heterocycles. The van der Waals surface area contributed by atoms with E-state index in [-0.39, 0.29) is 18.7 Å². The molecule has 2 N–H and O–H groups in total. The van der Waals surface area contributed by atoms with Gasteiger partial charge in [-0.3, -0.25) is 0 Å². The molecule has 152 valence electrons. The summed E-state index contributed by atoms with van der Waals surface area (Å²) in [6.45, 7) is 1.59. The van der Waals surface area contributed by atoms with E-state index < -0.39 is 17.4 Å². The molecule has 0 aliphatic carbocycles. The Morgan fingerprint density at radius 1 is 1.21 bits per heavy atom. The van der Waals surface area contributed by atoms with E-state index in [1.165, 1.54) is 29.2 Å². The summed E-state index contributed by atoms with van der Waals surface area (Å²) in [7, 11) is 0. The molecule has 0 saturated heterocycles. The first-order valence-corrected chi connectivity index (χ1v) is 8.52. The summed E-state index contributed by atoms with van der Waals surface area (Å²) in [5, 5.41) is 3.94. The van der Waals surface area contributed by atoms with Gasteiger partial charge in [-0.25, -0.2) is 23.4 Å². The van der Waals surface area contributed by atoms with Gasteiger partial charge in [-0.1, -0.05) is 12.1 Å². The minimum Gasteiger partial charge on any atom is -0.327 e. The van der Waals surface area contributed by atoms with Gasteiger partial charge in [0.2, 0.25) is 0 Å². The molecule has 0 atom stereocenters. The number of pyridine rings is 1. The second-order valence-electron chi connectivity index (χ2n) is 6.35. The lowest BCUT2D eigenvalue weighted by atomic mass is 10.0. The van der Waals surface area contributed by atoms with Crippen molar-refractivity contribution in [2.45, 2.75) is 19.6 Å². The lowest BCUT2D eigenvalue weighted by Gasteiger charge is -2.10. The van der Waals surface area contributed by atoms with E-state index in [4.69, 9.17) is 5.73 Å². The summed E-state index contributed by atoms with van der Waals surface area (Å²) in [6.07, 6.45) is -1.34. The monoisotopic (exact) mass is 407 g/mol. The average molecular weight is 407 g/mol. The van der Waals surface area contributed by atoms with Gasteiger partial charge in [-0.05, 0) is 41.8 Å². The third-order valence-corrected chi connectivity index (χ3v) is 4.33. The van der Waals surface area contributed by atoms with Gasteiger partial charge in [-0.2, -0.15) is 18.3 Å². The Labute approximate surface area is 162 Å². The molecule has 29 heavy (non-hydrogen) atoms. The molecule has 0 aliphatic heterocycles. The van der Waals surface area contributed by atoms with Gasteiger partial charge in [-0.15, -0.1) is 0 Å². The smallest absolute Gasteiger partial charge is 0.327 e. The second kappa shape index (κ2) is 8.00. The summed E-state index contributed by atoms with van der Waals surface area (Å²) < 4.78 is 53.1. The van der Waals surface area contributed by atoms with Crippen LogP contribution in [0, 0.1) is 6.92 Å². The molecule has 0 radical (unpaired) electrons. The van der Waals surface area contributed by atoms with Crippen LogP contribution in [-0.2, 0) is 12.7 Å². The molecular weight excluding hydrogens is 390 g/mol. The SMILES string of the molecule is Cc1cc(-c2ccc(C(F)(F)F)cc2)cnc1-n1cnn(C/C(=C/F)CN)c1=O. The minimum absolute atomic E-state index is 0.0467. The molecule has 0 bridgehead atoms. The predicted molar refractivity (Wildman–Crippen MR) is 99.0 cm³/mol. The maximum Gasteiger partial charge on any atom is 0.416 e. The first kappa shape index (κ1) is 20.5. The Balaban J connectivity index is 1.91. The Bertz CT molecular complexity index is 1100. The fraction of sp³-hybridized carbons (Fsp3) is 0.211. The number of halogens is 4. The number of nitrogens with zero attached hydrogens (tertiary/aromatic N) is 4. The van der Waals surface area contributed by atoms with E-state index >= 15 is 0 Å². The van der Waals surface area contributed by atoms with E-state index in [2.05, 4.69) is 10.1 Å². The van der Waals surface area contributed by atoms with E-state index in [0.29, 0.717) is 28.8 Å². The van der Waals surface area contributed by atoms with Crippen LogP contribution in [0.2, 0.25) is 0 Å². The Hall–Kier alpha value is -3.27. The van der Waals surface area contributed by atoms with Crippen molar-refractivity contribution in [2.75, 3.05) is 6.54 Å². The molecule has 0 unspecified atom stereocenters. The van der Waals surface area contributed by atoms with E-state index in [1.807, 2.05) is 0 Å². The van der Waals surface area contributed by atoms with Gasteiger partial charge < -0.3 is 5.73 Å². The van der Waals surface area contributed by atoms with Crippen LogP contribution in [0.5, 0.6) is 0 Å². The lowest BCUT2D eigenvalue weighted by Crippen LogP contribution is -2.26. The van der Waals surface area contributed by atoms with E-state index in [0.717, 1.165) is 16.8 Å². The van der Waals surface area contributed by atoms with Crippen LogP contribution in [0.25, 0.3) is 16.9 Å². The van der Waals surface area contributed by atoms with Gasteiger partial charge in [0.05, 0.1) is 18.4 Å². The van der Waals surface area contributed by atoms with Crippen molar-refractivity contribution in [1.82, 2.24) is 19.3 Å². The quantitative estimate of drug-likeness (QED) is 0.659. The van der Waals surface area contributed by atoms with Crippen LogP contribution in [-0.4, -0.2) is 25.9 Å². The zero-order valence-electron chi connectivity index (χ0n) is 15.3. The number of alkyl halides is 3. The molecule has 0 saturated carbocycles. The van der Waals surface area contributed by atoms with Crippen LogP contribution < -0.4 is 11.4 Å². The van der Waals surface area contributed by atoms with Gasteiger partial charge >= 0.3 is 11.9 Å². The highest BCUT2D eigenvalue weighted by Gasteiger charge is 2.30. The standard InChI is InChI=1S/C19H17F4N5O/c1-12-6-15(14-2-4-16(5-3-14)19(21,22)23)9-25-17(12)27-11-26-28(18(27)29)10-13(7-20)8-24/h2-7,9,11H,8,10,24H2,1H3/b13-7+. The Morgan fingerprint density at radius 3 is 2.45 bits per heavy atom. The zero-order valence-corrected chi connectivity index (χ0v) is 15.3. The molecule has 0 spiro atoms. The zero-order chi connectivity index (χ0) is 21.2. The molecule has 3 rings (SSSR count). The summed E-state index contributed by atoms with van der Waals surface area (Å²) in [5.41, 5.74) is 6.13. The van der Waals surface area contributed by atoms with Crippen molar-refractivity contribution >= 4 is 0 Å². The molecule has 6 nitrogen and oxygen atoms in total. The fourth-order valence-electron chi connectivity index (χ4n) is 2.76. The number of aryl methyl sites for hydroxylation is 1. The van der Waals surface area contributed by atoms with Gasteiger partial charge in [0.15, 0.2) is 0 Å². The Kier molecular flexibility index (Phi) is 5.64. The normalized spacial score (nSPS) is 12.4. The molecule has 1 aromatic carbocycles. The largest absolute Gasteiger partial charge is 0.416 e.